The van der Waals surface area contributed by atoms with Crippen LogP contribution in [-0.2, 0) is 16.2 Å². The summed E-state index contributed by atoms with van der Waals surface area (Å²) in [6.07, 6.45) is -4.54. The van der Waals surface area contributed by atoms with Gasteiger partial charge in [0.15, 0.2) is 0 Å². The molecule has 0 atom stereocenters. The van der Waals surface area contributed by atoms with E-state index in [1.165, 1.54) is 12.1 Å². The molecule has 2 aromatic rings. The van der Waals surface area contributed by atoms with Gasteiger partial charge in [0.1, 0.15) is 0 Å². The van der Waals surface area contributed by atoms with Crippen LogP contribution < -0.4 is 4.72 Å². The third-order valence-electron chi connectivity index (χ3n) is 4.64. The van der Waals surface area contributed by atoms with Gasteiger partial charge < -0.3 is 0 Å². The van der Waals surface area contributed by atoms with Crippen LogP contribution in [0.3, 0.4) is 0 Å². The minimum atomic E-state index is -4.54. The molecule has 0 bridgehead atoms. The molecule has 136 valence electrons. The molecule has 0 aliphatic rings. The first-order chi connectivity index (χ1) is 11.4. The molecule has 2 rings (SSSR count). The van der Waals surface area contributed by atoms with Crippen molar-refractivity contribution in [2.45, 2.75) is 45.7 Å². The summed E-state index contributed by atoms with van der Waals surface area (Å²) >= 11 is 0. The molecule has 0 amide bonds. The van der Waals surface area contributed by atoms with Crippen molar-refractivity contribution in [2.24, 2.45) is 0 Å². The highest BCUT2D eigenvalue weighted by molar-refractivity contribution is 7.92. The average Bonchev–Trinajstić information content (AvgIpc) is 2.50. The molecular weight excluding hydrogens is 351 g/mol. The lowest BCUT2D eigenvalue weighted by atomic mass is 9.95. The SMILES string of the molecule is Cc1c(C)c(C)c(S(=O)(=O)Nc2cccc(C(F)(F)F)c2)c(C)c1C. The molecule has 7 heteroatoms. The number of hydrogen-bond donors (Lipinski definition) is 1. The smallest absolute Gasteiger partial charge is 0.280 e. The number of benzene rings is 2. The number of hydrogen-bond acceptors (Lipinski definition) is 2. The Labute approximate surface area is 145 Å². The van der Waals surface area contributed by atoms with Gasteiger partial charge in [0.2, 0.25) is 0 Å². The van der Waals surface area contributed by atoms with Crippen LogP contribution in [-0.4, -0.2) is 8.42 Å². The molecule has 0 unspecified atom stereocenters. The van der Waals surface area contributed by atoms with Crippen molar-refractivity contribution in [1.82, 2.24) is 0 Å². The van der Waals surface area contributed by atoms with Crippen molar-refractivity contribution >= 4 is 15.7 Å². The largest absolute Gasteiger partial charge is 0.416 e. The number of anilines is 1. The Morgan fingerprint density at radius 1 is 0.840 bits per heavy atom. The Morgan fingerprint density at radius 2 is 1.32 bits per heavy atom. The van der Waals surface area contributed by atoms with Gasteiger partial charge >= 0.3 is 6.18 Å². The second kappa shape index (κ2) is 6.37. The van der Waals surface area contributed by atoms with Crippen LogP contribution in [0.5, 0.6) is 0 Å². The third-order valence-corrected chi connectivity index (χ3v) is 6.30. The number of sulfonamides is 1. The van der Waals surface area contributed by atoms with Crippen molar-refractivity contribution in [1.29, 1.82) is 0 Å². The van der Waals surface area contributed by atoms with Gasteiger partial charge in [-0.05, 0) is 80.6 Å². The van der Waals surface area contributed by atoms with Gasteiger partial charge in [-0.1, -0.05) is 6.07 Å². The fraction of sp³-hybridized carbons (Fsp3) is 0.333. The van der Waals surface area contributed by atoms with Gasteiger partial charge in [-0.2, -0.15) is 13.2 Å². The zero-order chi connectivity index (χ0) is 19.2. The lowest BCUT2D eigenvalue weighted by Crippen LogP contribution is -2.18. The fourth-order valence-electron chi connectivity index (χ4n) is 2.83. The molecule has 0 aliphatic heterocycles. The van der Waals surface area contributed by atoms with Gasteiger partial charge in [0.25, 0.3) is 10.0 Å². The molecule has 0 radical (unpaired) electrons. The number of halogens is 3. The standard InChI is InChI=1S/C18H20F3NO2S/c1-10-11(2)13(4)17(14(5)12(10)3)25(23,24)22-16-8-6-7-15(9-16)18(19,20)21/h6-9,22H,1-5H3. The van der Waals surface area contributed by atoms with Crippen LogP contribution in [0, 0.1) is 34.6 Å². The van der Waals surface area contributed by atoms with Crippen LogP contribution in [0.2, 0.25) is 0 Å². The first kappa shape index (κ1) is 19.3. The van der Waals surface area contributed by atoms with E-state index in [4.69, 9.17) is 0 Å². The Bertz CT molecular complexity index is 903. The Balaban J connectivity index is 2.56. The summed E-state index contributed by atoms with van der Waals surface area (Å²) in [7, 11) is -4.02. The molecule has 2 aromatic carbocycles. The van der Waals surface area contributed by atoms with E-state index in [0.29, 0.717) is 11.1 Å². The second-order valence-corrected chi connectivity index (χ2v) is 7.76. The van der Waals surface area contributed by atoms with E-state index in [-0.39, 0.29) is 10.6 Å². The quantitative estimate of drug-likeness (QED) is 0.821. The Kier molecular flexibility index (Phi) is 4.92. The maximum absolute atomic E-state index is 12.8. The van der Waals surface area contributed by atoms with Crippen molar-refractivity contribution in [3.05, 3.63) is 57.6 Å². The molecule has 0 saturated carbocycles. The van der Waals surface area contributed by atoms with Crippen LogP contribution in [0.1, 0.15) is 33.4 Å². The molecule has 0 fully saturated rings. The van der Waals surface area contributed by atoms with E-state index >= 15 is 0 Å². The van der Waals surface area contributed by atoms with Crippen molar-refractivity contribution in [3.63, 3.8) is 0 Å². The molecule has 25 heavy (non-hydrogen) atoms. The molecule has 0 aromatic heterocycles. The fourth-order valence-corrected chi connectivity index (χ4v) is 4.49. The topological polar surface area (TPSA) is 46.2 Å². The van der Waals surface area contributed by atoms with Crippen LogP contribution in [0.25, 0.3) is 0 Å². The molecular formula is C18H20F3NO2S. The molecule has 0 aliphatic carbocycles. The molecule has 3 nitrogen and oxygen atoms in total. The van der Waals surface area contributed by atoms with Crippen LogP contribution in [0.4, 0.5) is 18.9 Å². The van der Waals surface area contributed by atoms with Gasteiger partial charge in [-0.3, -0.25) is 4.72 Å². The normalized spacial score (nSPS) is 12.3. The monoisotopic (exact) mass is 371 g/mol. The van der Waals surface area contributed by atoms with E-state index in [9.17, 15) is 21.6 Å². The van der Waals surface area contributed by atoms with Crippen LogP contribution >= 0.6 is 0 Å². The maximum atomic E-state index is 12.8. The third kappa shape index (κ3) is 3.66. The lowest BCUT2D eigenvalue weighted by Gasteiger charge is -2.19. The Morgan fingerprint density at radius 3 is 1.80 bits per heavy atom. The predicted octanol–water partition coefficient (Wildman–Crippen LogP) is 5.05. The lowest BCUT2D eigenvalue weighted by molar-refractivity contribution is -0.137. The summed E-state index contributed by atoms with van der Waals surface area (Å²) in [6, 6.07) is 4.15. The summed E-state index contributed by atoms with van der Waals surface area (Å²) in [5.41, 5.74) is 2.88. The highest BCUT2D eigenvalue weighted by atomic mass is 32.2. The van der Waals surface area contributed by atoms with E-state index in [1.54, 1.807) is 13.8 Å². The molecule has 1 N–H and O–H groups in total. The van der Waals surface area contributed by atoms with Crippen molar-refractivity contribution in [2.75, 3.05) is 4.72 Å². The van der Waals surface area contributed by atoms with Gasteiger partial charge in [-0.25, -0.2) is 8.42 Å². The van der Waals surface area contributed by atoms with Gasteiger partial charge in [-0.15, -0.1) is 0 Å². The first-order valence-electron chi connectivity index (χ1n) is 7.63. The van der Waals surface area contributed by atoms with Gasteiger partial charge in [0.05, 0.1) is 10.5 Å². The average molecular weight is 371 g/mol. The number of rotatable bonds is 3. The zero-order valence-electron chi connectivity index (χ0n) is 14.7. The van der Waals surface area contributed by atoms with Crippen molar-refractivity contribution < 1.29 is 21.6 Å². The van der Waals surface area contributed by atoms with E-state index in [2.05, 4.69) is 4.72 Å². The minimum Gasteiger partial charge on any atom is -0.280 e. The molecule has 0 heterocycles. The molecule has 0 saturated heterocycles. The highest BCUT2D eigenvalue weighted by Gasteiger charge is 2.31. The second-order valence-electron chi connectivity index (χ2n) is 6.14. The summed E-state index contributed by atoms with van der Waals surface area (Å²) in [5, 5.41) is 0. The minimum absolute atomic E-state index is 0.116. The van der Waals surface area contributed by atoms with E-state index < -0.39 is 21.8 Å². The summed E-state index contributed by atoms with van der Waals surface area (Å²) in [4.78, 5) is 0.116. The summed E-state index contributed by atoms with van der Waals surface area (Å²) in [6.45, 7) is 8.99. The van der Waals surface area contributed by atoms with Gasteiger partial charge in [0, 0.05) is 5.69 Å². The maximum Gasteiger partial charge on any atom is 0.416 e. The zero-order valence-corrected chi connectivity index (χ0v) is 15.5. The number of alkyl halides is 3. The van der Waals surface area contributed by atoms with E-state index in [0.717, 1.165) is 28.8 Å². The van der Waals surface area contributed by atoms with E-state index in [1.807, 2.05) is 20.8 Å². The molecule has 0 spiro atoms. The van der Waals surface area contributed by atoms with Crippen molar-refractivity contribution in [3.8, 4) is 0 Å². The number of nitrogens with one attached hydrogen (secondary N) is 1. The highest BCUT2D eigenvalue weighted by Crippen LogP contribution is 2.33. The van der Waals surface area contributed by atoms with Crippen LogP contribution in [0.15, 0.2) is 29.2 Å². The Hall–Kier alpha value is -2.02. The first-order valence-corrected chi connectivity index (χ1v) is 9.11. The summed E-state index contributed by atoms with van der Waals surface area (Å²) < 4.78 is 66.4. The summed E-state index contributed by atoms with van der Waals surface area (Å²) in [5.74, 6) is 0. The predicted molar refractivity (Wildman–Crippen MR) is 92.4 cm³/mol.